The van der Waals surface area contributed by atoms with E-state index in [9.17, 15) is 4.79 Å². The largest absolute Gasteiger partial charge is 0.376 e. The number of likely N-dealkylation sites (tertiary alicyclic amines) is 1. The maximum Gasteiger partial charge on any atom is 0.321 e. The number of pyridine rings is 1. The van der Waals surface area contributed by atoms with E-state index in [-0.39, 0.29) is 12.1 Å². The zero-order valence-corrected chi connectivity index (χ0v) is 13.1. The van der Waals surface area contributed by atoms with E-state index in [1.165, 1.54) is 12.8 Å². The van der Waals surface area contributed by atoms with Gasteiger partial charge in [-0.1, -0.05) is 6.07 Å². The van der Waals surface area contributed by atoms with Gasteiger partial charge >= 0.3 is 6.03 Å². The third-order valence-corrected chi connectivity index (χ3v) is 4.55. The first kappa shape index (κ1) is 14.5. The summed E-state index contributed by atoms with van der Waals surface area (Å²) >= 11 is 0. The molecule has 0 radical (unpaired) electrons. The van der Waals surface area contributed by atoms with Gasteiger partial charge in [-0.2, -0.15) is 0 Å². The molecule has 1 aromatic heterocycles. The van der Waals surface area contributed by atoms with Crippen molar-refractivity contribution in [2.24, 2.45) is 5.92 Å². The molecule has 5 heteroatoms. The molecule has 1 saturated heterocycles. The number of ether oxygens (including phenoxy) is 1. The van der Waals surface area contributed by atoms with Crippen LogP contribution in [0.15, 0.2) is 36.5 Å². The summed E-state index contributed by atoms with van der Waals surface area (Å²) in [6, 6.07) is 9.62. The highest BCUT2D eigenvalue weighted by atomic mass is 16.5. The van der Waals surface area contributed by atoms with Gasteiger partial charge in [0.15, 0.2) is 0 Å². The minimum absolute atomic E-state index is 0.0502. The van der Waals surface area contributed by atoms with E-state index in [1.54, 1.807) is 6.20 Å². The Hall–Kier alpha value is -2.14. The number of benzene rings is 1. The average molecular weight is 311 g/mol. The molecule has 2 amide bonds. The lowest BCUT2D eigenvalue weighted by atomic mass is 10.2. The summed E-state index contributed by atoms with van der Waals surface area (Å²) in [5.74, 6) is 0.768. The standard InChI is InChI=1S/C18H21N3O2/c22-18(21-9-7-16(11-21)23-12-13-3-4-13)20-15-5-6-17-14(10-15)2-1-8-19-17/h1-2,5-6,8,10,13,16H,3-4,7,9,11-12H2,(H,20,22). The predicted molar refractivity (Wildman–Crippen MR) is 89.4 cm³/mol. The zero-order chi connectivity index (χ0) is 15.6. The molecule has 0 bridgehead atoms. The Kier molecular flexibility index (Phi) is 3.87. The van der Waals surface area contributed by atoms with Crippen LogP contribution in [0, 0.1) is 5.92 Å². The molecule has 2 aromatic rings. The smallest absolute Gasteiger partial charge is 0.321 e. The Morgan fingerprint density at radius 1 is 1.30 bits per heavy atom. The van der Waals surface area contributed by atoms with Gasteiger partial charge in [-0.25, -0.2) is 4.79 Å². The van der Waals surface area contributed by atoms with Gasteiger partial charge in [0.05, 0.1) is 11.6 Å². The van der Waals surface area contributed by atoms with E-state index in [4.69, 9.17) is 4.74 Å². The third kappa shape index (κ3) is 3.45. The van der Waals surface area contributed by atoms with Gasteiger partial charge in [0.25, 0.3) is 0 Å². The number of rotatable bonds is 4. The lowest BCUT2D eigenvalue weighted by Crippen LogP contribution is -2.34. The Bertz CT molecular complexity index is 714. The molecular weight excluding hydrogens is 290 g/mol. The second-order valence-corrected chi connectivity index (χ2v) is 6.47. The number of hydrogen-bond donors (Lipinski definition) is 1. The van der Waals surface area contributed by atoms with Crippen molar-refractivity contribution in [1.29, 1.82) is 0 Å². The molecule has 0 spiro atoms. The molecular formula is C18H21N3O2. The quantitative estimate of drug-likeness (QED) is 0.943. The fourth-order valence-electron chi connectivity index (χ4n) is 2.96. The van der Waals surface area contributed by atoms with Gasteiger partial charge in [0.1, 0.15) is 0 Å². The molecule has 1 aliphatic carbocycles. The van der Waals surface area contributed by atoms with Gasteiger partial charge < -0.3 is 15.0 Å². The van der Waals surface area contributed by atoms with Crippen LogP contribution in [0.2, 0.25) is 0 Å². The number of hydrogen-bond acceptors (Lipinski definition) is 3. The van der Waals surface area contributed by atoms with Crippen LogP contribution in [0.25, 0.3) is 10.9 Å². The van der Waals surface area contributed by atoms with Crippen molar-refractivity contribution >= 4 is 22.6 Å². The van der Waals surface area contributed by atoms with Crippen molar-refractivity contribution in [2.75, 3.05) is 25.0 Å². The number of amides is 2. The van der Waals surface area contributed by atoms with Crippen molar-refractivity contribution < 1.29 is 9.53 Å². The summed E-state index contributed by atoms with van der Waals surface area (Å²) < 4.78 is 5.89. The molecule has 1 aliphatic heterocycles. The molecule has 1 unspecified atom stereocenters. The SMILES string of the molecule is O=C(Nc1ccc2ncccc2c1)N1CCC(OCC2CC2)C1. The van der Waals surface area contributed by atoms with Crippen molar-refractivity contribution in [2.45, 2.75) is 25.4 Å². The van der Waals surface area contributed by atoms with E-state index in [0.717, 1.165) is 42.1 Å². The molecule has 1 saturated carbocycles. The maximum atomic E-state index is 12.4. The number of nitrogens with zero attached hydrogens (tertiary/aromatic N) is 2. The Morgan fingerprint density at radius 3 is 3.09 bits per heavy atom. The first-order valence-corrected chi connectivity index (χ1v) is 8.30. The molecule has 2 aliphatic rings. The highest BCUT2D eigenvalue weighted by Crippen LogP contribution is 2.30. The molecule has 2 fully saturated rings. The average Bonchev–Trinajstić information content (AvgIpc) is 3.28. The van der Waals surface area contributed by atoms with Crippen LogP contribution in [0.4, 0.5) is 10.5 Å². The van der Waals surface area contributed by atoms with E-state index in [2.05, 4.69) is 10.3 Å². The molecule has 5 nitrogen and oxygen atoms in total. The highest BCUT2D eigenvalue weighted by Gasteiger charge is 2.29. The molecule has 120 valence electrons. The minimum atomic E-state index is -0.0502. The van der Waals surface area contributed by atoms with Gasteiger partial charge in [-0.15, -0.1) is 0 Å². The Morgan fingerprint density at radius 2 is 2.22 bits per heavy atom. The lowest BCUT2D eigenvalue weighted by molar-refractivity contribution is 0.0543. The normalized spacial score (nSPS) is 20.9. The van der Waals surface area contributed by atoms with Crippen molar-refractivity contribution in [3.05, 3.63) is 36.5 Å². The fraction of sp³-hybridized carbons (Fsp3) is 0.444. The topological polar surface area (TPSA) is 54.5 Å². The number of carbonyl (C=O) groups is 1. The number of aromatic nitrogens is 1. The molecule has 1 atom stereocenters. The van der Waals surface area contributed by atoms with Crippen molar-refractivity contribution in [3.63, 3.8) is 0 Å². The summed E-state index contributed by atoms with van der Waals surface area (Å²) in [5, 5.41) is 4.00. The van der Waals surface area contributed by atoms with Gasteiger partial charge in [0, 0.05) is 37.0 Å². The second-order valence-electron chi connectivity index (χ2n) is 6.47. The van der Waals surface area contributed by atoms with E-state index < -0.39 is 0 Å². The molecule has 1 N–H and O–H groups in total. The van der Waals surface area contributed by atoms with Crippen LogP contribution < -0.4 is 5.32 Å². The molecule has 23 heavy (non-hydrogen) atoms. The summed E-state index contributed by atoms with van der Waals surface area (Å²) in [6.07, 6.45) is 5.50. The predicted octanol–water partition coefficient (Wildman–Crippen LogP) is 3.27. The second kappa shape index (κ2) is 6.16. The highest BCUT2D eigenvalue weighted by molar-refractivity contribution is 5.92. The number of carbonyl (C=O) groups excluding carboxylic acids is 1. The Balaban J connectivity index is 1.35. The fourth-order valence-corrected chi connectivity index (χ4v) is 2.96. The van der Waals surface area contributed by atoms with Crippen LogP contribution in [-0.4, -0.2) is 41.7 Å². The third-order valence-electron chi connectivity index (χ3n) is 4.55. The van der Waals surface area contributed by atoms with Crippen LogP contribution in [0.3, 0.4) is 0 Å². The molecule has 2 heterocycles. The first-order valence-electron chi connectivity index (χ1n) is 8.30. The first-order chi connectivity index (χ1) is 11.3. The summed E-state index contributed by atoms with van der Waals surface area (Å²) in [5.41, 5.74) is 1.73. The summed E-state index contributed by atoms with van der Waals surface area (Å²) in [6.45, 7) is 2.31. The minimum Gasteiger partial charge on any atom is -0.376 e. The number of anilines is 1. The van der Waals surface area contributed by atoms with E-state index in [0.29, 0.717) is 6.54 Å². The summed E-state index contributed by atoms with van der Waals surface area (Å²) in [4.78, 5) is 18.5. The van der Waals surface area contributed by atoms with E-state index in [1.807, 2.05) is 35.2 Å². The number of nitrogens with one attached hydrogen (secondary N) is 1. The zero-order valence-electron chi connectivity index (χ0n) is 13.1. The van der Waals surface area contributed by atoms with Crippen LogP contribution >= 0.6 is 0 Å². The van der Waals surface area contributed by atoms with Gasteiger partial charge in [0.2, 0.25) is 0 Å². The molecule has 1 aromatic carbocycles. The summed E-state index contributed by atoms with van der Waals surface area (Å²) in [7, 11) is 0. The molecule has 4 rings (SSSR count). The monoisotopic (exact) mass is 311 g/mol. The Labute approximate surface area is 135 Å². The lowest BCUT2D eigenvalue weighted by Gasteiger charge is -2.17. The van der Waals surface area contributed by atoms with Crippen LogP contribution in [-0.2, 0) is 4.74 Å². The van der Waals surface area contributed by atoms with Crippen LogP contribution in [0.1, 0.15) is 19.3 Å². The van der Waals surface area contributed by atoms with Gasteiger partial charge in [-0.3, -0.25) is 4.98 Å². The maximum absolute atomic E-state index is 12.4. The van der Waals surface area contributed by atoms with Crippen molar-refractivity contribution in [1.82, 2.24) is 9.88 Å². The van der Waals surface area contributed by atoms with Crippen LogP contribution in [0.5, 0.6) is 0 Å². The van der Waals surface area contributed by atoms with Crippen molar-refractivity contribution in [3.8, 4) is 0 Å². The van der Waals surface area contributed by atoms with E-state index >= 15 is 0 Å². The van der Waals surface area contributed by atoms with Gasteiger partial charge in [-0.05, 0) is 49.4 Å². The number of urea groups is 1. The number of fused-ring (bicyclic) bond motifs is 1.